The lowest BCUT2D eigenvalue weighted by molar-refractivity contribution is -0.137. The van der Waals surface area contributed by atoms with Gasteiger partial charge in [-0.05, 0) is 30.3 Å². The summed E-state index contributed by atoms with van der Waals surface area (Å²) in [5.74, 6) is 0. The lowest BCUT2D eigenvalue weighted by Gasteiger charge is -2.14. The standard InChI is InChI=1S/C14H7Cl2F3N2/c15-9-6-8(14(17,18)19)7-10(16)13(9)21-5-3-11-12(21)2-1-4-20-11/h1-7H. The molecule has 0 aliphatic heterocycles. The number of hydrogen-bond donors (Lipinski definition) is 0. The van der Waals surface area contributed by atoms with E-state index in [0.29, 0.717) is 16.7 Å². The van der Waals surface area contributed by atoms with Crippen LogP contribution in [0.25, 0.3) is 16.7 Å². The van der Waals surface area contributed by atoms with E-state index in [1.807, 2.05) is 0 Å². The molecule has 1 aromatic carbocycles. The number of pyridine rings is 1. The van der Waals surface area contributed by atoms with Crippen LogP contribution >= 0.6 is 23.2 Å². The Morgan fingerprint density at radius 3 is 2.33 bits per heavy atom. The second-order valence-corrected chi connectivity index (χ2v) is 5.19. The maximum Gasteiger partial charge on any atom is 0.416 e. The molecule has 2 nitrogen and oxygen atoms in total. The minimum Gasteiger partial charge on any atom is -0.312 e. The molecule has 2 aromatic heterocycles. The Labute approximate surface area is 127 Å². The van der Waals surface area contributed by atoms with Gasteiger partial charge in [0.1, 0.15) is 0 Å². The third kappa shape index (κ3) is 2.47. The van der Waals surface area contributed by atoms with Crippen molar-refractivity contribution in [2.75, 3.05) is 0 Å². The van der Waals surface area contributed by atoms with Crippen LogP contribution < -0.4 is 0 Å². The molecule has 2 heterocycles. The van der Waals surface area contributed by atoms with Crippen LogP contribution in [-0.2, 0) is 6.18 Å². The number of rotatable bonds is 1. The van der Waals surface area contributed by atoms with E-state index in [-0.39, 0.29) is 10.0 Å². The van der Waals surface area contributed by atoms with Crippen molar-refractivity contribution in [3.63, 3.8) is 0 Å². The van der Waals surface area contributed by atoms with Crippen LogP contribution in [0.3, 0.4) is 0 Å². The molecular weight excluding hydrogens is 324 g/mol. The van der Waals surface area contributed by atoms with Gasteiger partial charge in [0.05, 0.1) is 32.3 Å². The van der Waals surface area contributed by atoms with Gasteiger partial charge in [0.15, 0.2) is 0 Å². The van der Waals surface area contributed by atoms with E-state index in [1.54, 1.807) is 35.2 Å². The maximum absolute atomic E-state index is 12.7. The zero-order valence-corrected chi connectivity index (χ0v) is 11.8. The fourth-order valence-electron chi connectivity index (χ4n) is 2.12. The Morgan fingerprint density at radius 1 is 1.05 bits per heavy atom. The van der Waals surface area contributed by atoms with Gasteiger partial charge in [0, 0.05) is 12.4 Å². The van der Waals surface area contributed by atoms with Crippen molar-refractivity contribution in [2.45, 2.75) is 6.18 Å². The third-order valence-corrected chi connectivity index (χ3v) is 3.62. The second kappa shape index (κ2) is 4.93. The molecule has 0 radical (unpaired) electrons. The van der Waals surface area contributed by atoms with Gasteiger partial charge in [-0.15, -0.1) is 0 Å². The van der Waals surface area contributed by atoms with E-state index in [1.165, 1.54) is 0 Å². The Kier molecular flexibility index (Phi) is 3.34. The summed E-state index contributed by atoms with van der Waals surface area (Å²) in [6, 6.07) is 6.98. The first-order valence-corrected chi connectivity index (χ1v) is 6.62. The molecular formula is C14H7Cl2F3N2. The minimum atomic E-state index is -4.49. The Hall–Kier alpha value is -1.72. The van der Waals surface area contributed by atoms with Crippen molar-refractivity contribution in [3.8, 4) is 5.69 Å². The van der Waals surface area contributed by atoms with E-state index < -0.39 is 11.7 Å². The average molecular weight is 331 g/mol. The first-order valence-electron chi connectivity index (χ1n) is 5.86. The summed E-state index contributed by atoms with van der Waals surface area (Å²) in [5, 5.41) is -0.146. The highest BCUT2D eigenvalue weighted by atomic mass is 35.5. The van der Waals surface area contributed by atoms with Crippen molar-refractivity contribution in [3.05, 3.63) is 58.3 Å². The van der Waals surface area contributed by atoms with Gasteiger partial charge in [-0.1, -0.05) is 23.2 Å². The molecule has 0 amide bonds. The highest BCUT2D eigenvalue weighted by Crippen LogP contribution is 2.38. The molecule has 0 aliphatic carbocycles. The topological polar surface area (TPSA) is 17.8 Å². The highest BCUT2D eigenvalue weighted by molar-refractivity contribution is 6.38. The summed E-state index contributed by atoms with van der Waals surface area (Å²) in [4.78, 5) is 4.16. The summed E-state index contributed by atoms with van der Waals surface area (Å²) in [7, 11) is 0. The van der Waals surface area contributed by atoms with Gasteiger partial charge in [-0.3, -0.25) is 4.98 Å². The molecule has 7 heteroatoms. The van der Waals surface area contributed by atoms with Gasteiger partial charge in [0.25, 0.3) is 0 Å². The van der Waals surface area contributed by atoms with Crippen LogP contribution in [0.4, 0.5) is 13.2 Å². The maximum atomic E-state index is 12.7. The quantitative estimate of drug-likeness (QED) is 0.588. The van der Waals surface area contributed by atoms with Gasteiger partial charge < -0.3 is 4.57 Å². The van der Waals surface area contributed by atoms with E-state index >= 15 is 0 Å². The first kappa shape index (κ1) is 14.2. The molecule has 3 rings (SSSR count). The molecule has 21 heavy (non-hydrogen) atoms. The van der Waals surface area contributed by atoms with Crippen molar-refractivity contribution >= 4 is 34.2 Å². The molecule has 0 unspecified atom stereocenters. The highest BCUT2D eigenvalue weighted by Gasteiger charge is 2.32. The molecule has 0 fully saturated rings. The van der Waals surface area contributed by atoms with Gasteiger partial charge >= 0.3 is 6.18 Å². The molecule has 108 valence electrons. The SMILES string of the molecule is FC(F)(F)c1cc(Cl)c(-n2ccc3ncccc32)c(Cl)c1. The molecule has 0 N–H and O–H groups in total. The Morgan fingerprint density at radius 2 is 1.71 bits per heavy atom. The van der Waals surface area contributed by atoms with Crippen molar-refractivity contribution < 1.29 is 13.2 Å². The molecule has 0 spiro atoms. The van der Waals surface area contributed by atoms with Crippen LogP contribution in [-0.4, -0.2) is 9.55 Å². The van der Waals surface area contributed by atoms with E-state index in [0.717, 1.165) is 12.1 Å². The predicted molar refractivity (Wildman–Crippen MR) is 76.1 cm³/mol. The number of benzene rings is 1. The van der Waals surface area contributed by atoms with Crippen molar-refractivity contribution in [1.82, 2.24) is 9.55 Å². The van der Waals surface area contributed by atoms with Gasteiger partial charge in [0.2, 0.25) is 0 Å². The largest absolute Gasteiger partial charge is 0.416 e. The van der Waals surface area contributed by atoms with E-state index in [2.05, 4.69) is 4.98 Å². The van der Waals surface area contributed by atoms with E-state index in [9.17, 15) is 13.2 Å². The Balaban J connectivity index is 2.24. The number of halogens is 5. The lowest BCUT2D eigenvalue weighted by Crippen LogP contribution is -2.06. The van der Waals surface area contributed by atoms with E-state index in [4.69, 9.17) is 23.2 Å². The fourth-order valence-corrected chi connectivity index (χ4v) is 2.79. The lowest BCUT2D eigenvalue weighted by atomic mass is 10.2. The molecule has 0 saturated heterocycles. The minimum absolute atomic E-state index is 0.0730. The van der Waals surface area contributed by atoms with Crippen LogP contribution in [0.5, 0.6) is 0 Å². The zero-order chi connectivity index (χ0) is 15.2. The summed E-state index contributed by atoms with van der Waals surface area (Å²) < 4.78 is 39.8. The number of hydrogen-bond acceptors (Lipinski definition) is 1. The predicted octanol–water partition coefficient (Wildman–Crippen LogP) is 5.35. The molecule has 0 aliphatic rings. The number of fused-ring (bicyclic) bond motifs is 1. The number of aromatic nitrogens is 2. The summed E-state index contributed by atoms with van der Waals surface area (Å²) in [6.45, 7) is 0. The second-order valence-electron chi connectivity index (χ2n) is 4.38. The van der Waals surface area contributed by atoms with Gasteiger partial charge in [-0.2, -0.15) is 13.2 Å². The fraction of sp³-hybridized carbons (Fsp3) is 0.0714. The summed E-state index contributed by atoms with van der Waals surface area (Å²) in [6.07, 6.45) is -1.20. The molecule has 0 saturated carbocycles. The molecule has 0 atom stereocenters. The smallest absolute Gasteiger partial charge is 0.312 e. The summed E-state index contributed by atoms with van der Waals surface area (Å²) >= 11 is 12.0. The average Bonchev–Trinajstić information content (AvgIpc) is 2.81. The first-order chi connectivity index (χ1) is 9.88. The number of nitrogens with zero attached hydrogens (tertiary/aromatic N) is 2. The van der Waals surface area contributed by atoms with Gasteiger partial charge in [-0.25, -0.2) is 0 Å². The molecule has 0 bridgehead atoms. The van der Waals surface area contributed by atoms with Crippen LogP contribution in [0.2, 0.25) is 10.0 Å². The van der Waals surface area contributed by atoms with Crippen LogP contribution in [0, 0.1) is 0 Å². The zero-order valence-electron chi connectivity index (χ0n) is 10.3. The van der Waals surface area contributed by atoms with Crippen molar-refractivity contribution in [2.24, 2.45) is 0 Å². The third-order valence-electron chi connectivity index (χ3n) is 3.04. The number of alkyl halides is 3. The molecule has 3 aromatic rings. The normalized spacial score (nSPS) is 12.0. The van der Waals surface area contributed by atoms with Crippen LogP contribution in [0.1, 0.15) is 5.56 Å². The van der Waals surface area contributed by atoms with Crippen LogP contribution in [0.15, 0.2) is 42.7 Å². The monoisotopic (exact) mass is 330 g/mol. The Bertz CT molecular complexity index is 801. The summed E-state index contributed by atoms with van der Waals surface area (Å²) in [5.41, 5.74) is 0.829. The van der Waals surface area contributed by atoms with Crippen molar-refractivity contribution in [1.29, 1.82) is 0 Å².